The highest BCUT2D eigenvalue weighted by atomic mass is 16.5. The van der Waals surface area contributed by atoms with Gasteiger partial charge in [0.1, 0.15) is 5.78 Å². The molecule has 1 unspecified atom stereocenters. The van der Waals surface area contributed by atoms with Gasteiger partial charge in [-0.15, -0.1) is 0 Å². The van der Waals surface area contributed by atoms with Gasteiger partial charge in [-0.2, -0.15) is 0 Å². The zero-order chi connectivity index (χ0) is 12.5. The quantitative estimate of drug-likeness (QED) is 0.605. The van der Waals surface area contributed by atoms with Gasteiger partial charge in [0.2, 0.25) is 0 Å². The topological polar surface area (TPSA) is 38.8 Å². The van der Waals surface area contributed by atoms with Gasteiger partial charge in [0.25, 0.3) is 0 Å². The molecule has 0 aromatic carbocycles. The summed E-state index contributed by atoms with van der Waals surface area (Å²) in [5.41, 5.74) is 0. The van der Waals surface area contributed by atoms with Crippen molar-refractivity contribution in [3.63, 3.8) is 0 Å². The van der Waals surface area contributed by atoms with E-state index in [0.29, 0.717) is 25.0 Å². The second-order valence-corrected chi connectivity index (χ2v) is 4.69. The second kappa shape index (κ2) is 8.61. The highest BCUT2D eigenvalue weighted by Crippen LogP contribution is 2.14. The standard InChI is InChI=1S/C13H25NO3/c1-12-11-13(15)5-7-14(12)6-3-4-8-17-10-9-16-2/h12H,3-11H2,1-2H3. The molecule has 1 aliphatic heterocycles. The van der Waals surface area contributed by atoms with E-state index in [1.807, 2.05) is 0 Å². The van der Waals surface area contributed by atoms with E-state index in [9.17, 15) is 4.79 Å². The van der Waals surface area contributed by atoms with Crippen LogP contribution in [0, 0.1) is 0 Å². The van der Waals surface area contributed by atoms with Crippen molar-refractivity contribution in [2.75, 3.05) is 40.0 Å². The number of piperidine rings is 1. The average Bonchev–Trinajstić information content (AvgIpc) is 2.30. The van der Waals surface area contributed by atoms with Crippen molar-refractivity contribution in [3.05, 3.63) is 0 Å². The number of hydrogen-bond donors (Lipinski definition) is 0. The number of nitrogens with zero attached hydrogens (tertiary/aromatic N) is 1. The molecule has 0 N–H and O–H groups in total. The molecule has 1 rings (SSSR count). The van der Waals surface area contributed by atoms with E-state index in [4.69, 9.17) is 9.47 Å². The van der Waals surface area contributed by atoms with Crippen molar-refractivity contribution in [1.29, 1.82) is 0 Å². The Hall–Kier alpha value is -0.450. The zero-order valence-electron chi connectivity index (χ0n) is 11.1. The second-order valence-electron chi connectivity index (χ2n) is 4.69. The van der Waals surface area contributed by atoms with Gasteiger partial charge >= 0.3 is 0 Å². The Labute approximate surface area is 104 Å². The number of rotatable bonds is 8. The van der Waals surface area contributed by atoms with Crippen molar-refractivity contribution in [2.24, 2.45) is 0 Å². The van der Waals surface area contributed by atoms with Crippen molar-refractivity contribution >= 4 is 5.78 Å². The normalized spacial score (nSPS) is 22.0. The van der Waals surface area contributed by atoms with E-state index >= 15 is 0 Å². The summed E-state index contributed by atoms with van der Waals surface area (Å²) >= 11 is 0. The minimum absolute atomic E-state index is 0.414. The van der Waals surface area contributed by atoms with Gasteiger partial charge < -0.3 is 9.47 Å². The third kappa shape index (κ3) is 6.15. The number of ether oxygens (including phenoxy) is 2. The number of likely N-dealkylation sites (tertiary alicyclic amines) is 1. The molecule has 1 atom stereocenters. The summed E-state index contributed by atoms with van der Waals surface area (Å²) in [5, 5.41) is 0. The Bertz CT molecular complexity index is 221. The zero-order valence-corrected chi connectivity index (χ0v) is 11.1. The highest BCUT2D eigenvalue weighted by molar-refractivity contribution is 5.79. The summed E-state index contributed by atoms with van der Waals surface area (Å²) in [5.74, 6) is 0.414. The molecule has 0 spiro atoms. The molecule has 0 saturated carbocycles. The number of carbonyl (C=O) groups is 1. The molecule has 100 valence electrons. The summed E-state index contributed by atoms with van der Waals surface area (Å²) in [4.78, 5) is 13.7. The van der Waals surface area contributed by atoms with E-state index in [1.165, 1.54) is 0 Å². The van der Waals surface area contributed by atoms with E-state index in [0.717, 1.165) is 45.4 Å². The smallest absolute Gasteiger partial charge is 0.135 e. The Morgan fingerprint density at radius 2 is 2.12 bits per heavy atom. The lowest BCUT2D eigenvalue weighted by Gasteiger charge is -2.32. The van der Waals surface area contributed by atoms with Crippen molar-refractivity contribution < 1.29 is 14.3 Å². The van der Waals surface area contributed by atoms with E-state index in [1.54, 1.807) is 7.11 Å². The number of methoxy groups -OCH3 is 1. The van der Waals surface area contributed by atoms with Crippen LogP contribution in [0.2, 0.25) is 0 Å². The van der Waals surface area contributed by atoms with Gasteiger partial charge in [-0.25, -0.2) is 0 Å². The first-order valence-electron chi connectivity index (χ1n) is 6.56. The molecule has 1 aliphatic rings. The average molecular weight is 243 g/mol. The van der Waals surface area contributed by atoms with E-state index < -0.39 is 0 Å². The van der Waals surface area contributed by atoms with Crippen LogP contribution in [0.25, 0.3) is 0 Å². The SMILES string of the molecule is COCCOCCCCN1CCC(=O)CC1C. The fourth-order valence-corrected chi connectivity index (χ4v) is 2.14. The molecule has 0 bridgehead atoms. The number of Topliss-reactive ketones (excluding diaryl/α,β-unsaturated/α-hetero) is 1. The minimum atomic E-state index is 0.414. The maximum Gasteiger partial charge on any atom is 0.135 e. The Kier molecular flexibility index (Phi) is 7.40. The van der Waals surface area contributed by atoms with Gasteiger partial charge in [0, 0.05) is 39.1 Å². The first-order chi connectivity index (χ1) is 8.24. The van der Waals surface area contributed by atoms with Gasteiger partial charge in [0.05, 0.1) is 13.2 Å². The molecule has 17 heavy (non-hydrogen) atoms. The van der Waals surface area contributed by atoms with E-state index in [-0.39, 0.29) is 0 Å². The third-order valence-corrected chi connectivity index (χ3v) is 3.24. The number of carbonyl (C=O) groups excluding carboxylic acids is 1. The van der Waals surface area contributed by atoms with Crippen LogP contribution < -0.4 is 0 Å². The van der Waals surface area contributed by atoms with Crippen LogP contribution in [0.4, 0.5) is 0 Å². The number of unbranched alkanes of at least 4 members (excludes halogenated alkanes) is 1. The Balaban J connectivity index is 1.97. The van der Waals surface area contributed by atoms with E-state index in [2.05, 4.69) is 11.8 Å². The molecule has 4 heteroatoms. The summed E-state index contributed by atoms with van der Waals surface area (Å²) < 4.78 is 10.3. The lowest BCUT2D eigenvalue weighted by Crippen LogP contribution is -2.41. The maximum atomic E-state index is 11.2. The molecule has 4 nitrogen and oxygen atoms in total. The molecular formula is C13H25NO3. The summed E-state index contributed by atoms with van der Waals surface area (Å²) in [6.07, 6.45) is 3.69. The predicted molar refractivity (Wildman–Crippen MR) is 67.2 cm³/mol. The summed E-state index contributed by atoms with van der Waals surface area (Å²) in [6.45, 7) is 6.33. The molecular weight excluding hydrogens is 218 g/mol. The molecule has 0 aromatic heterocycles. The van der Waals surface area contributed by atoms with Crippen LogP contribution in [-0.2, 0) is 14.3 Å². The molecule has 1 fully saturated rings. The molecule has 0 radical (unpaired) electrons. The van der Waals surface area contributed by atoms with Crippen LogP contribution in [-0.4, -0.2) is 56.7 Å². The highest BCUT2D eigenvalue weighted by Gasteiger charge is 2.22. The molecule has 0 aromatic rings. The largest absolute Gasteiger partial charge is 0.382 e. The monoisotopic (exact) mass is 243 g/mol. The van der Waals surface area contributed by atoms with Gasteiger partial charge in [-0.05, 0) is 26.3 Å². The van der Waals surface area contributed by atoms with Crippen molar-refractivity contribution in [3.8, 4) is 0 Å². The maximum absolute atomic E-state index is 11.2. The van der Waals surface area contributed by atoms with Crippen LogP contribution in [0.1, 0.15) is 32.6 Å². The molecule has 0 aliphatic carbocycles. The minimum Gasteiger partial charge on any atom is -0.382 e. The number of hydrogen-bond acceptors (Lipinski definition) is 4. The molecule has 1 saturated heterocycles. The fraction of sp³-hybridized carbons (Fsp3) is 0.923. The van der Waals surface area contributed by atoms with Crippen LogP contribution in [0.5, 0.6) is 0 Å². The van der Waals surface area contributed by atoms with Crippen LogP contribution >= 0.6 is 0 Å². The van der Waals surface area contributed by atoms with Crippen molar-refractivity contribution in [1.82, 2.24) is 4.90 Å². The first kappa shape index (κ1) is 14.6. The summed E-state index contributed by atoms with van der Waals surface area (Å²) in [6, 6.07) is 0.422. The number of ketones is 1. The Morgan fingerprint density at radius 1 is 1.29 bits per heavy atom. The summed E-state index contributed by atoms with van der Waals surface area (Å²) in [7, 11) is 1.68. The predicted octanol–water partition coefficient (Wildman–Crippen LogP) is 1.48. The Morgan fingerprint density at radius 3 is 2.82 bits per heavy atom. The van der Waals surface area contributed by atoms with Gasteiger partial charge in [-0.1, -0.05) is 0 Å². The van der Waals surface area contributed by atoms with Gasteiger partial charge in [0.15, 0.2) is 0 Å². The van der Waals surface area contributed by atoms with Crippen molar-refractivity contribution in [2.45, 2.75) is 38.6 Å². The first-order valence-corrected chi connectivity index (χ1v) is 6.56. The molecule has 0 amide bonds. The molecule has 1 heterocycles. The lowest BCUT2D eigenvalue weighted by atomic mass is 10.0. The lowest BCUT2D eigenvalue weighted by molar-refractivity contribution is -0.122. The van der Waals surface area contributed by atoms with Crippen LogP contribution in [0.15, 0.2) is 0 Å². The van der Waals surface area contributed by atoms with Gasteiger partial charge in [-0.3, -0.25) is 9.69 Å². The van der Waals surface area contributed by atoms with Crippen LogP contribution in [0.3, 0.4) is 0 Å². The third-order valence-electron chi connectivity index (χ3n) is 3.24. The fourth-order valence-electron chi connectivity index (χ4n) is 2.14.